The lowest BCUT2D eigenvalue weighted by Gasteiger charge is -2.37. The van der Waals surface area contributed by atoms with Gasteiger partial charge in [-0.1, -0.05) is 44.9 Å². The van der Waals surface area contributed by atoms with Crippen molar-refractivity contribution in [1.29, 1.82) is 0 Å². The second-order valence-electron chi connectivity index (χ2n) is 8.69. The van der Waals surface area contributed by atoms with E-state index in [0.29, 0.717) is 6.04 Å². The summed E-state index contributed by atoms with van der Waals surface area (Å²) in [6.45, 7) is 4.70. The van der Waals surface area contributed by atoms with Gasteiger partial charge in [0.15, 0.2) is 5.82 Å². The van der Waals surface area contributed by atoms with Crippen LogP contribution in [-0.2, 0) is 0 Å². The number of nitrogens with one attached hydrogen (secondary N) is 1. The third-order valence-corrected chi connectivity index (χ3v) is 6.63. The minimum atomic E-state index is 0.227. The maximum Gasteiger partial charge on any atom is 0.156 e. The summed E-state index contributed by atoms with van der Waals surface area (Å²) >= 11 is 1.78. The van der Waals surface area contributed by atoms with Crippen LogP contribution in [0.1, 0.15) is 58.8 Å². The largest absolute Gasteiger partial charge is 0.361 e. The third-order valence-electron chi connectivity index (χ3n) is 5.44. The van der Waals surface area contributed by atoms with E-state index in [9.17, 15) is 0 Å². The van der Waals surface area contributed by atoms with E-state index in [-0.39, 0.29) is 5.41 Å². The molecule has 3 aliphatic rings. The number of allylic oxidation sites excluding steroid dienone is 2. The highest BCUT2D eigenvalue weighted by molar-refractivity contribution is 8.04. The highest BCUT2D eigenvalue weighted by Crippen LogP contribution is 2.49. The number of thioether (sulfide) groups is 1. The van der Waals surface area contributed by atoms with Crippen molar-refractivity contribution < 1.29 is 0 Å². The average molecular weight is 372 g/mol. The molecular weight excluding hydrogens is 342 g/mol. The van der Waals surface area contributed by atoms with Gasteiger partial charge in [0.1, 0.15) is 17.0 Å². The molecule has 6 heteroatoms. The Morgan fingerprint density at radius 1 is 1.15 bits per heavy atom. The van der Waals surface area contributed by atoms with Gasteiger partial charge in [-0.25, -0.2) is 9.97 Å². The number of anilines is 2. The molecule has 1 aliphatic heterocycles. The normalized spacial score (nSPS) is 24.1. The van der Waals surface area contributed by atoms with Gasteiger partial charge in [0, 0.05) is 19.8 Å². The van der Waals surface area contributed by atoms with E-state index in [0.717, 1.165) is 29.4 Å². The highest BCUT2D eigenvalue weighted by atomic mass is 32.2. The fourth-order valence-electron chi connectivity index (χ4n) is 4.22. The number of nitrogens with zero attached hydrogens (tertiary/aromatic N) is 4. The fraction of sp³-hybridized carbons (Fsp3) is 0.650. The molecule has 1 aromatic heterocycles. The van der Waals surface area contributed by atoms with Crippen LogP contribution < -0.4 is 10.2 Å². The van der Waals surface area contributed by atoms with Crippen LogP contribution in [0.2, 0.25) is 0 Å². The molecule has 1 N–H and O–H groups in total. The van der Waals surface area contributed by atoms with Gasteiger partial charge in [-0.2, -0.15) is 0 Å². The smallest absolute Gasteiger partial charge is 0.156 e. The van der Waals surface area contributed by atoms with Gasteiger partial charge in [-0.15, -0.1) is 0 Å². The molecule has 0 bridgehead atoms. The molecule has 1 aromatic rings. The van der Waals surface area contributed by atoms with E-state index in [2.05, 4.69) is 29.1 Å². The van der Waals surface area contributed by atoms with E-state index < -0.39 is 0 Å². The zero-order valence-corrected chi connectivity index (χ0v) is 17.1. The molecule has 0 amide bonds. The molecule has 1 fully saturated rings. The predicted octanol–water partition coefficient (Wildman–Crippen LogP) is 4.87. The Kier molecular flexibility index (Phi) is 4.71. The van der Waals surface area contributed by atoms with Crippen LogP contribution in [0.5, 0.6) is 0 Å². The van der Waals surface area contributed by atoms with Crippen molar-refractivity contribution in [2.75, 3.05) is 24.3 Å². The molecule has 140 valence electrons. The molecule has 0 radical (unpaired) electrons. The van der Waals surface area contributed by atoms with Crippen molar-refractivity contribution in [3.05, 3.63) is 16.9 Å². The van der Waals surface area contributed by atoms with Gasteiger partial charge >= 0.3 is 0 Å². The summed E-state index contributed by atoms with van der Waals surface area (Å²) in [6.07, 6.45) is 10.3. The van der Waals surface area contributed by atoms with Crippen LogP contribution in [0.4, 0.5) is 11.5 Å². The van der Waals surface area contributed by atoms with Crippen molar-refractivity contribution in [1.82, 2.24) is 9.97 Å². The fourth-order valence-corrected chi connectivity index (χ4v) is 5.25. The van der Waals surface area contributed by atoms with Crippen LogP contribution in [0.3, 0.4) is 0 Å². The number of aromatic nitrogens is 2. The van der Waals surface area contributed by atoms with Gasteiger partial charge in [-0.05, 0) is 31.1 Å². The first-order chi connectivity index (χ1) is 12.4. The molecule has 0 saturated heterocycles. The van der Waals surface area contributed by atoms with Crippen LogP contribution in [-0.4, -0.2) is 35.8 Å². The Bertz CT molecular complexity index is 759. The molecule has 0 spiro atoms. The summed E-state index contributed by atoms with van der Waals surface area (Å²) in [7, 11) is 4.05. The van der Waals surface area contributed by atoms with Crippen LogP contribution >= 0.6 is 11.8 Å². The predicted molar refractivity (Wildman–Crippen MR) is 110 cm³/mol. The van der Waals surface area contributed by atoms with Crippen molar-refractivity contribution >= 4 is 29.0 Å². The maximum atomic E-state index is 5.25. The Labute approximate surface area is 160 Å². The average Bonchev–Trinajstić information content (AvgIpc) is 2.59. The SMILES string of the molecule is CN(C)c1ncnc2c1NC1=C(S2)C(=NC2CCCCC2)CC(C)(C)C1. The lowest BCUT2D eigenvalue weighted by molar-refractivity contribution is 0.370. The minimum absolute atomic E-state index is 0.227. The summed E-state index contributed by atoms with van der Waals surface area (Å²) in [5, 5.41) is 4.70. The quantitative estimate of drug-likeness (QED) is 0.752. The van der Waals surface area contributed by atoms with E-state index in [1.807, 2.05) is 19.0 Å². The lowest BCUT2D eigenvalue weighted by atomic mass is 9.78. The number of hydrogen-bond acceptors (Lipinski definition) is 6. The first-order valence-corrected chi connectivity index (χ1v) is 10.5. The van der Waals surface area contributed by atoms with E-state index in [1.54, 1.807) is 18.1 Å². The molecule has 0 unspecified atom stereocenters. The molecular formula is C20H29N5S. The Hall–Kier alpha value is -1.56. The maximum absolute atomic E-state index is 5.25. The van der Waals surface area contributed by atoms with Gasteiger partial charge in [0.2, 0.25) is 0 Å². The van der Waals surface area contributed by atoms with Gasteiger partial charge < -0.3 is 10.2 Å². The molecule has 5 nitrogen and oxygen atoms in total. The minimum Gasteiger partial charge on any atom is -0.361 e. The summed E-state index contributed by atoms with van der Waals surface area (Å²) in [5.74, 6) is 0.947. The zero-order chi connectivity index (χ0) is 18.3. The van der Waals surface area contributed by atoms with E-state index in [4.69, 9.17) is 4.99 Å². The van der Waals surface area contributed by atoms with E-state index in [1.165, 1.54) is 48.4 Å². The van der Waals surface area contributed by atoms with Crippen molar-refractivity contribution in [3.8, 4) is 0 Å². The van der Waals surface area contributed by atoms with Gasteiger partial charge in [0.25, 0.3) is 0 Å². The molecule has 0 aromatic carbocycles. The standard InChI is InChI=1S/C20H29N5S/c1-20(2)10-14(23-13-8-6-5-7-9-13)17-15(11-20)24-16-18(25(3)4)21-12-22-19(16)26-17/h12-13,24H,5-11H2,1-4H3. The number of fused-ring (bicyclic) bond motifs is 1. The van der Waals surface area contributed by atoms with Gasteiger partial charge in [-0.3, -0.25) is 4.99 Å². The van der Waals surface area contributed by atoms with Crippen LogP contribution in [0, 0.1) is 5.41 Å². The summed E-state index contributed by atoms with van der Waals surface area (Å²) in [4.78, 5) is 17.6. The van der Waals surface area contributed by atoms with Crippen molar-refractivity contribution in [2.24, 2.45) is 10.4 Å². The highest BCUT2D eigenvalue weighted by Gasteiger charge is 2.36. The molecule has 2 aliphatic carbocycles. The first kappa shape index (κ1) is 17.8. The Morgan fingerprint density at radius 2 is 1.92 bits per heavy atom. The Morgan fingerprint density at radius 3 is 2.65 bits per heavy atom. The van der Waals surface area contributed by atoms with Crippen molar-refractivity contribution in [2.45, 2.75) is 69.9 Å². The molecule has 1 saturated carbocycles. The topological polar surface area (TPSA) is 53.4 Å². The molecule has 4 rings (SSSR count). The summed E-state index contributed by atoms with van der Waals surface area (Å²) in [5.41, 5.74) is 3.85. The molecule has 26 heavy (non-hydrogen) atoms. The number of hydrogen-bond donors (Lipinski definition) is 1. The first-order valence-electron chi connectivity index (χ1n) is 9.70. The molecule has 2 heterocycles. The van der Waals surface area contributed by atoms with Crippen LogP contribution in [0.15, 0.2) is 26.9 Å². The lowest BCUT2D eigenvalue weighted by Crippen LogP contribution is -2.31. The Balaban J connectivity index is 1.71. The third kappa shape index (κ3) is 3.48. The second kappa shape index (κ2) is 6.87. The van der Waals surface area contributed by atoms with Gasteiger partial charge in [0.05, 0.1) is 16.7 Å². The molecule has 0 atom stereocenters. The monoisotopic (exact) mass is 371 g/mol. The number of rotatable bonds is 2. The second-order valence-corrected chi connectivity index (χ2v) is 9.69. The van der Waals surface area contributed by atoms with E-state index >= 15 is 0 Å². The van der Waals surface area contributed by atoms with Crippen LogP contribution in [0.25, 0.3) is 0 Å². The van der Waals surface area contributed by atoms with Crippen molar-refractivity contribution in [3.63, 3.8) is 0 Å². The summed E-state index contributed by atoms with van der Waals surface area (Å²) < 4.78 is 0. The summed E-state index contributed by atoms with van der Waals surface area (Å²) in [6, 6.07) is 0.506. The zero-order valence-electron chi connectivity index (χ0n) is 16.3. The number of aliphatic imine (C=N–C) groups is 1.